The largest absolute Gasteiger partial charge is 0.480 e. The van der Waals surface area contributed by atoms with Gasteiger partial charge in [-0.15, -0.1) is 0 Å². The first-order valence-corrected chi connectivity index (χ1v) is 18.5. The van der Waals surface area contributed by atoms with E-state index >= 15 is 0 Å². The zero-order valence-corrected chi connectivity index (χ0v) is 32.4. The third-order valence-corrected chi connectivity index (χ3v) is 7.34. The lowest BCUT2D eigenvalue weighted by molar-refractivity contribution is -0.154. The van der Waals surface area contributed by atoms with Gasteiger partial charge in [-0.05, 0) is 38.6 Å². The summed E-state index contributed by atoms with van der Waals surface area (Å²) in [5.74, 6) is -1.78. The molecule has 2 atom stereocenters. The molecule has 2 fully saturated rings. The van der Waals surface area contributed by atoms with Gasteiger partial charge in [0, 0.05) is 46.7 Å². The number of nitrogens with one attached hydrogen (secondary N) is 5. The molecule has 2 unspecified atom stereocenters. The number of carbonyl (C=O) groups excluding carboxylic acids is 5. The van der Waals surface area contributed by atoms with Gasteiger partial charge in [0.2, 0.25) is 11.8 Å². The molecule has 0 aromatic heterocycles. The molecule has 0 aromatic rings. The van der Waals surface area contributed by atoms with E-state index in [1.807, 2.05) is 4.89 Å². The van der Waals surface area contributed by atoms with Crippen LogP contribution in [0.15, 0.2) is 0 Å². The van der Waals surface area contributed by atoms with E-state index < -0.39 is 24.0 Å². The van der Waals surface area contributed by atoms with Gasteiger partial charge in [0.05, 0.1) is 19.6 Å². The molecular formula is C33H65N7O12S. The van der Waals surface area contributed by atoms with Crippen molar-refractivity contribution in [1.82, 2.24) is 26.5 Å². The molecule has 0 radical (unpaired) electrons. The third-order valence-electron chi connectivity index (χ3n) is 7.25. The molecule has 0 saturated heterocycles. The average Bonchev–Trinajstić information content (AvgIpc) is 3.53. The van der Waals surface area contributed by atoms with Gasteiger partial charge in [0.1, 0.15) is 36.9 Å². The predicted octanol–water partition coefficient (Wildman–Crippen LogP) is 0.162. The van der Waals surface area contributed by atoms with Gasteiger partial charge in [0.25, 0.3) is 0 Å². The fourth-order valence-corrected chi connectivity index (χ4v) is 4.50. The van der Waals surface area contributed by atoms with Gasteiger partial charge < -0.3 is 41.5 Å². The molecule has 19 nitrogen and oxygen atoms in total. The number of thiol groups is 1. The summed E-state index contributed by atoms with van der Waals surface area (Å²) in [6, 6.07) is -1.43. The summed E-state index contributed by atoms with van der Waals surface area (Å²) >= 11 is 3.63. The van der Waals surface area contributed by atoms with Crippen molar-refractivity contribution in [3.63, 3.8) is 0 Å². The Bertz CT molecular complexity index is 955. The number of ketones is 2. The zero-order chi connectivity index (χ0) is 40.0. The quantitative estimate of drug-likeness (QED) is 0.0258. The second kappa shape index (κ2) is 38.9. The van der Waals surface area contributed by atoms with Crippen LogP contribution in [-0.4, -0.2) is 119 Å². The summed E-state index contributed by atoms with van der Waals surface area (Å²) in [5.41, 5.74) is 15.8. The summed E-state index contributed by atoms with van der Waals surface area (Å²) in [6.07, 6.45) is 14.2. The zero-order valence-electron chi connectivity index (χ0n) is 31.5. The molecule has 2 aliphatic rings. The van der Waals surface area contributed by atoms with E-state index in [1.54, 1.807) is 0 Å². The van der Waals surface area contributed by atoms with Crippen molar-refractivity contribution in [2.24, 2.45) is 11.5 Å². The number of methoxy groups -OCH3 is 2. The topological polar surface area (TPSA) is 281 Å². The second-order valence-corrected chi connectivity index (χ2v) is 12.1. The summed E-state index contributed by atoms with van der Waals surface area (Å²) in [4.78, 5) is 82.0. The first kappa shape index (κ1) is 52.3. The van der Waals surface area contributed by atoms with Crippen molar-refractivity contribution >= 4 is 48.1 Å². The first-order chi connectivity index (χ1) is 25.5. The van der Waals surface area contributed by atoms with Crippen molar-refractivity contribution in [3.8, 4) is 0 Å². The van der Waals surface area contributed by atoms with E-state index in [0.717, 1.165) is 19.3 Å². The molecule has 0 aromatic carbocycles. The van der Waals surface area contributed by atoms with Gasteiger partial charge in [-0.2, -0.15) is 5.48 Å². The van der Waals surface area contributed by atoms with Crippen LogP contribution in [0.3, 0.4) is 0 Å². The van der Waals surface area contributed by atoms with Crippen LogP contribution in [0.25, 0.3) is 0 Å². The number of hydrogen-bond donors (Lipinski definition) is 9. The molecule has 2 rings (SSSR count). The number of carbonyl (C=O) groups is 6. The van der Waals surface area contributed by atoms with E-state index in [-0.39, 0.29) is 56.2 Å². The minimum atomic E-state index is -0.933. The minimum Gasteiger partial charge on any atom is -0.480 e. The molecule has 20 heteroatoms. The van der Waals surface area contributed by atoms with Gasteiger partial charge in [0.15, 0.2) is 0 Å². The minimum absolute atomic E-state index is 0.0139. The fourth-order valence-electron chi connectivity index (χ4n) is 4.41. The first-order valence-electron chi connectivity index (χ1n) is 18.1. The molecule has 0 aliphatic heterocycles. The number of amides is 2. The van der Waals surface area contributed by atoms with E-state index in [9.17, 15) is 28.8 Å². The van der Waals surface area contributed by atoms with Crippen LogP contribution >= 0.6 is 12.8 Å². The molecule has 53 heavy (non-hydrogen) atoms. The van der Waals surface area contributed by atoms with Crippen molar-refractivity contribution in [2.75, 3.05) is 66.8 Å². The van der Waals surface area contributed by atoms with Gasteiger partial charge >= 0.3 is 11.9 Å². The normalized spacial score (nSPS) is 14.6. The van der Waals surface area contributed by atoms with Crippen LogP contribution in [0.4, 0.5) is 0 Å². The highest BCUT2D eigenvalue weighted by Gasteiger charge is 2.20. The van der Waals surface area contributed by atoms with Gasteiger partial charge in [-0.3, -0.25) is 33.6 Å². The maximum absolute atomic E-state index is 11.9. The molecule has 2 amide bonds. The summed E-state index contributed by atoms with van der Waals surface area (Å²) in [7, 11) is 2.87. The number of unbranched alkanes of at least 4 members (excludes halogenated alkanes) is 2. The van der Waals surface area contributed by atoms with Gasteiger partial charge in [-0.1, -0.05) is 62.6 Å². The van der Waals surface area contributed by atoms with Crippen LogP contribution in [0.1, 0.15) is 96.3 Å². The van der Waals surface area contributed by atoms with Crippen LogP contribution in [-0.2, 0) is 52.8 Å². The Morgan fingerprint density at radius 2 is 1.28 bits per heavy atom. The Morgan fingerprint density at radius 3 is 1.72 bits per heavy atom. The maximum Gasteiger partial charge on any atom is 0.344 e. The number of carboxylic acids is 1. The Hall–Kier alpha value is -2.79. The third kappa shape index (κ3) is 37.3. The second-order valence-electron chi connectivity index (χ2n) is 11.9. The standard InChI is InChI=1S/C16H33N5O8S.C6H14N2O2.C6H12.C5H6O2/c1-25-11-14(22)17-7-9-27-19-6-4-3-5-13(16(24)29-21-30)20-28-10-8-18-15(23)12-26-2;7-4-2-1-3-5(8)6(9)10;1-2-4-6-5-3-1;6-4-1-2-5(7)3-4/h13,19-21,30H,3-12H2,1-2H3,(H,17,22)(H,18,23);5H,1-4,7-8H2,(H,9,10);1-6H2;1-3H2. The summed E-state index contributed by atoms with van der Waals surface area (Å²) < 4.78 is 9.38. The maximum atomic E-state index is 11.9. The lowest BCUT2D eigenvalue weighted by atomic mass is 10.0. The summed E-state index contributed by atoms with van der Waals surface area (Å²) in [6.45, 7) is 2.24. The monoisotopic (exact) mass is 783 g/mol. The number of aliphatic carboxylic acids is 1. The summed E-state index contributed by atoms with van der Waals surface area (Å²) in [5, 5.41) is 13.5. The molecule has 2 saturated carbocycles. The number of hydroxylamine groups is 2. The number of Topliss-reactive ketones (excluding diaryl/α,β-unsaturated/α-hetero) is 2. The molecule has 2 aliphatic carbocycles. The highest BCUT2D eigenvalue weighted by Crippen LogP contribution is 2.15. The van der Waals surface area contributed by atoms with Crippen LogP contribution in [0, 0.1) is 0 Å². The SMILES string of the molecule is C1CCCCC1.COCC(=O)NCCONCCCCC(NOCCNC(=O)COC)C(=O)ONS.NCCCCC(N)C(=O)O.O=C1CCC(=O)C1. The molecule has 310 valence electrons. The van der Waals surface area contributed by atoms with Crippen molar-refractivity contribution < 1.29 is 57.9 Å². The predicted molar refractivity (Wildman–Crippen MR) is 199 cm³/mol. The Kier molecular flexibility index (Phi) is 38.4. The number of hydrogen-bond acceptors (Lipinski definition) is 17. The van der Waals surface area contributed by atoms with E-state index in [4.69, 9.17) is 26.2 Å². The Morgan fingerprint density at radius 1 is 0.774 bits per heavy atom. The number of rotatable bonds is 25. The molecule has 0 bridgehead atoms. The Balaban J connectivity index is 0. The number of carboxylic acid groups (broad SMARTS) is 1. The molecular weight excluding hydrogens is 718 g/mol. The number of ether oxygens (including phenoxy) is 2. The molecule has 10 N–H and O–H groups in total. The van der Waals surface area contributed by atoms with E-state index in [1.165, 1.54) is 52.7 Å². The van der Waals surface area contributed by atoms with Crippen LogP contribution in [0.5, 0.6) is 0 Å². The van der Waals surface area contributed by atoms with Crippen molar-refractivity contribution in [1.29, 1.82) is 0 Å². The van der Waals surface area contributed by atoms with Crippen LogP contribution < -0.4 is 37.9 Å². The van der Waals surface area contributed by atoms with Crippen molar-refractivity contribution in [2.45, 2.75) is 108 Å². The Labute approximate surface area is 318 Å². The van der Waals surface area contributed by atoms with Gasteiger partial charge in [-0.25, -0.2) is 10.3 Å². The average molecular weight is 784 g/mol. The highest BCUT2D eigenvalue weighted by molar-refractivity contribution is 7.77. The van der Waals surface area contributed by atoms with E-state index in [0.29, 0.717) is 58.3 Å². The molecule has 0 spiro atoms. The fraction of sp³-hybridized carbons (Fsp3) is 0.818. The lowest BCUT2D eigenvalue weighted by Crippen LogP contribution is -2.41. The highest BCUT2D eigenvalue weighted by atomic mass is 32.1. The van der Waals surface area contributed by atoms with Crippen LogP contribution in [0.2, 0.25) is 0 Å². The lowest BCUT2D eigenvalue weighted by Gasteiger charge is -2.16. The van der Waals surface area contributed by atoms with Crippen molar-refractivity contribution in [3.05, 3.63) is 0 Å². The van der Waals surface area contributed by atoms with E-state index in [2.05, 4.69) is 48.7 Å². The smallest absolute Gasteiger partial charge is 0.344 e. The molecule has 0 heterocycles. The number of nitrogens with two attached hydrogens (primary N) is 2.